The highest BCUT2D eigenvalue weighted by atomic mass is 32.2. The molecule has 3 rings (SSSR count). The largest absolute Gasteiger partial charge is 0.459 e. The Kier molecular flexibility index (Phi) is 14.1. The maximum atomic E-state index is 14.0. The van der Waals surface area contributed by atoms with Gasteiger partial charge in [0.25, 0.3) is 5.91 Å². The molecule has 4 N–H and O–H groups in total. The molecule has 10 nitrogen and oxygen atoms in total. The third kappa shape index (κ3) is 10.5. The Bertz CT molecular complexity index is 1510. The lowest BCUT2D eigenvalue weighted by Crippen LogP contribution is -2.51. The van der Waals surface area contributed by atoms with E-state index in [9.17, 15) is 31.6 Å². The van der Waals surface area contributed by atoms with Gasteiger partial charge in [-0.25, -0.2) is 22.0 Å². The number of carbonyl (C=O) groups excluding carboxylic acids is 3. The number of aryl methyl sites for hydroxylation is 1. The van der Waals surface area contributed by atoms with Crippen LogP contribution in [0.2, 0.25) is 0 Å². The second-order valence-corrected chi connectivity index (χ2v) is 15.4. The molecule has 3 amide bonds. The minimum atomic E-state index is -3.85. The Balaban J connectivity index is 1.92. The Morgan fingerprint density at radius 2 is 1.62 bits per heavy atom. The number of halogens is 2. The Hall–Kier alpha value is -3.42. The number of nitrogens with two attached hydrogens (primary N) is 1. The van der Waals surface area contributed by atoms with Gasteiger partial charge >= 0.3 is 12.0 Å². The SMILES string of the molecule is CCCC(CCC)S(=O)(=O)C[C@@H](CN1C(=O)NC(=O)C1(C)C)C(=O)O[C@H](CNCc1cccc(CC)c1)C(N)Cc1cc(F)cc(F)c1. The zero-order valence-corrected chi connectivity index (χ0v) is 29.4. The molecule has 48 heavy (non-hydrogen) atoms. The minimum absolute atomic E-state index is 0.0446. The Morgan fingerprint density at radius 3 is 2.19 bits per heavy atom. The number of amides is 3. The van der Waals surface area contributed by atoms with Gasteiger partial charge in [0, 0.05) is 31.7 Å². The molecule has 1 saturated heterocycles. The maximum absolute atomic E-state index is 14.0. The molecule has 0 radical (unpaired) electrons. The first-order valence-electron chi connectivity index (χ1n) is 16.6. The van der Waals surface area contributed by atoms with E-state index in [-0.39, 0.29) is 25.1 Å². The van der Waals surface area contributed by atoms with E-state index in [0.29, 0.717) is 32.2 Å². The summed E-state index contributed by atoms with van der Waals surface area (Å²) in [5, 5.41) is 4.78. The number of imide groups is 1. The highest BCUT2D eigenvalue weighted by molar-refractivity contribution is 7.92. The van der Waals surface area contributed by atoms with Crippen molar-refractivity contribution < 1.29 is 36.3 Å². The average Bonchev–Trinajstić information content (AvgIpc) is 3.20. The number of urea groups is 1. The summed E-state index contributed by atoms with van der Waals surface area (Å²) in [4.78, 5) is 40.4. The first-order valence-corrected chi connectivity index (χ1v) is 18.4. The summed E-state index contributed by atoms with van der Waals surface area (Å²) in [6.07, 6.45) is 1.82. The lowest BCUT2D eigenvalue weighted by Gasteiger charge is -2.32. The molecule has 0 spiro atoms. The second kappa shape index (κ2) is 17.3. The average molecular weight is 693 g/mol. The topological polar surface area (TPSA) is 148 Å². The molecular formula is C35H50F2N4O6S. The number of nitrogens with zero attached hydrogens (tertiary/aromatic N) is 1. The monoisotopic (exact) mass is 692 g/mol. The number of esters is 1. The summed E-state index contributed by atoms with van der Waals surface area (Å²) >= 11 is 0. The van der Waals surface area contributed by atoms with Gasteiger partial charge in [-0.05, 0) is 68.4 Å². The summed E-state index contributed by atoms with van der Waals surface area (Å²) in [6.45, 7) is 8.89. The Morgan fingerprint density at radius 1 is 1.00 bits per heavy atom. The van der Waals surface area contributed by atoms with Gasteiger partial charge in [-0.1, -0.05) is 57.9 Å². The molecule has 1 unspecified atom stereocenters. The van der Waals surface area contributed by atoms with Gasteiger partial charge in [-0.3, -0.25) is 14.9 Å². The maximum Gasteiger partial charge on any atom is 0.325 e. The molecule has 2 aromatic rings. The molecule has 0 aromatic heterocycles. The van der Waals surface area contributed by atoms with Crippen molar-refractivity contribution in [3.63, 3.8) is 0 Å². The fourth-order valence-corrected chi connectivity index (χ4v) is 8.23. The lowest BCUT2D eigenvalue weighted by molar-refractivity contribution is -0.155. The zero-order valence-electron chi connectivity index (χ0n) is 28.6. The molecule has 1 fully saturated rings. The predicted molar refractivity (Wildman–Crippen MR) is 181 cm³/mol. The summed E-state index contributed by atoms with van der Waals surface area (Å²) in [5.74, 6) is -4.98. The quantitative estimate of drug-likeness (QED) is 0.145. The highest BCUT2D eigenvalue weighted by Crippen LogP contribution is 2.26. The van der Waals surface area contributed by atoms with Crippen LogP contribution in [0.15, 0.2) is 42.5 Å². The number of sulfone groups is 1. The van der Waals surface area contributed by atoms with Gasteiger partial charge in [0.2, 0.25) is 0 Å². The summed E-state index contributed by atoms with van der Waals surface area (Å²) < 4.78 is 61.4. The van der Waals surface area contributed by atoms with E-state index in [1.54, 1.807) is 0 Å². The second-order valence-electron chi connectivity index (χ2n) is 13.1. The zero-order chi connectivity index (χ0) is 35.6. The van der Waals surface area contributed by atoms with Crippen LogP contribution < -0.4 is 16.4 Å². The number of benzene rings is 2. The fourth-order valence-electron chi connectivity index (χ4n) is 5.96. The van der Waals surface area contributed by atoms with E-state index >= 15 is 0 Å². The molecule has 0 saturated carbocycles. The van der Waals surface area contributed by atoms with Crippen LogP contribution in [0.3, 0.4) is 0 Å². The van der Waals surface area contributed by atoms with Crippen LogP contribution in [0.25, 0.3) is 0 Å². The number of ether oxygens (including phenoxy) is 1. The number of rotatable bonds is 19. The van der Waals surface area contributed by atoms with Crippen molar-refractivity contribution in [1.82, 2.24) is 15.5 Å². The van der Waals surface area contributed by atoms with Crippen LogP contribution in [0.4, 0.5) is 13.6 Å². The third-order valence-electron chi connectivity index (χ3n) is 8.81. The van der Waals surface area contributed by atoms with E-state index in [1.807, 2.05) is 45.0 Å². The van der Waals surface area contributed by atoms with Crippen LogP contribution in [-0.2, 0) is 43.5 Å². The summed E-state index contributed by atoms with van der Waals surface area (Å²) in [6, 6.07) is 9.29. The fraction of sp³-hybridized carbons (Fsp3) is 0.571. The van der Waals surface area contributed by atoms with Crippen molar-refractivity contribution in [3.8, 4) is 0 Å². The summed E-state index contributed by atoms with van der Waals surface area (Å²) in [7, 11) is -3.85. The van der Waals surface area contributed by atoms with E-state index in [2.05, 4.69) is 10.6 Å². The van der Waals surface area contributed by atoms with Gasteiger partial charge in [0.15, 0.2) is 9.84 Å². The van der Waals surface area contributed by atoms with Crippen molar-refractivity contribution >= 4 is 27.7 Å². The number of hydrogen-bond acceptors (Lipinski definition) is 8. The van der Waals surface area contributed by atoms with Crippen molar-refractivity contribution in [3.05, 3.63) is 70.8 Å². The number of nitrogens with one attached hydrogen (secondary N) is 2. The molecule has 2 aromatic carbocycles. The van der Waals surface area contributed by atoms with Gasteiger partial charge < -0.3 is 20.7 Å². The molecular weight excluding hydrogens is 642 g/mol. The molecule has 0 aliphatic carbocycles. The van der Waals surface area contributed by atoms with Crippen LogP contribution in [0.1, 0.15) is 77.0 Å². The van der Waals surface area contributed by atoms with Crippen LogP contribution in [0.5, 0.6) is 0 Å². The molecule has 3 atom stereocenters. The number of carbonyl (C=O) groups is 3. The minimum Gasteiger partial charge on any atom is -0.459 e. The third-order valence-corrected chi connectivity index (χ3v) is 11.2. The molecule has 1 aliphatic rings. The molecule has 13 heteroatoms. The molecule has 266 valence electrons. The van der Waals surface area contributed by atoms with Crippen LogP contribution in [0, 0.1) is 17.6 Å². The smallest absolute Gasteiger partial charge is 0.325 e. The normalized spacial score (nSPS) is 16.6. The van der Waals surface area contributed by atoms with Gasteiger partial charge in [-0.2, -0.15) is 0 Å². The molecule has 1 heterocycles. The molecule has 1 aliphatic heterocycles. The first-order chi connectivity index (χ1) is 22.6. The van der Waals surface area contributed by atoms with Crippen molar-refractivity contribution in [2.45, 2.75) is 103 Å². The Labute approximate surface area is 283 Å². The van der Waals surface area contributed by atoms with Gasteiger partial charge in [0.1, 0.15) is 23.3 Å². The first kappa shape index (κ1) is 39.0. The van der Waals surface area contributed by atoms with E-state index < -0.39 is 74.0 Å². The van der Waals surface area contributed by atoms with Crippen molar-refractivity contribution in [2.24, 2.45) is 11.7 Å². The number of hydrogen-bond donors (Lipinski definition) is 3. The van der Waals surface area contributed by atoms with Crippen molar-refractivity contribution in [2.75, 3.05) is 18.8 Å². The van der Waals surface area contributed by atoms with E-state index in [0.717, 1.165) is 40.6 Å². The van der Waals surface area contributed by atoms with E-state index in [4.69, 9.17) is 10.5 Å². The highest BCUT2D eigenvalue weighted by Gasteiger charge is 2.48. The van der Waals surface area contributed by atoms with Crippen molar-refractivity contribution in [1.29, 1.82) is 0 Å². The molecule has 0 bridgehead atoms. The van der Waals surface area contributed by atoms with Gasteiger partial charge in [-0.15, -0.1) is 0 Å². The predicted octanol–water partition coefficient (Wildman–Crippen LogP) is 4.43. The van der Waals surface area contributed by atoms with Crippen LogP contribution in [-0.4, -0.2) is 73.0 Å². The summed E-state index contributed by atoms with van der Waals surface area (Å²) in [5.41, 5.74) is 7.57. The van der Waals surface area contributed by atoms with E-state index in [1.165, 1.54) is 13.8 Å². The standard InChI is InChI=1S/C35H50F2N4O6S/c1-6-10-29(11-7-2)48(45,46)22-26(21-41-34(44)40-33(43)35(41,4)5)32(42)47-31(20-39-19-24-13-9-12-23(8-3)14-24)30(38)17-25-15-27(36)18-28(37)16-25/h9,12-16,18,26,29-31,39H,6-8,10-11,17,19-22,38H2,1-5H3,(H,40,43,44)/t26-,30?,31-/m1/s1. The van der Waals surface area contributed by atoms with Gasteiger partial charge in [0.05, 0.1) is 16.9 Å². The van der Waals surface area contributed by atoms with Crippen LogP contribution >= 0.6 is 0 Å². The lowest BCUT2D eigenvalue weighted by atomic mass is 10.0.